The minimum Gasteiger partial charge on any atom is -0.385 e. The molecule has 0 amide bonds. The third kappa shape index (κ3) is 3.64. The van der Waals surface area contributed by atoms with Crippen LogP contribution < -0.4 is 10.6 Å². The second-order valence-electron chi connectivity index (χ2n) is 4.59. The van der Waals surface area contributed by atoms with Crippen LogP contribution in [0.15, 0.2) is 36.4 Å². The average Bonchev–Trinajstić information content (AvgIpc) is 2.44. The molecule has 21 heavy (non-hydrogen) atoms. The van der Waals surface area contributed by atoms with Crippen LogP contribution in [0.3, 0.4) is 0 Å². The molecule has 0 aromatic heterocycles. The summed E-state index contributed by atoms with van der Waals surface area (Å²) in [5.41, 5.74) is 3.11. The Bertz CT molecular complexity index is 674. The van der Waals surface area contributed by atoms with Crippen LogP contribution in [0.5, 0.6) is 0 Å². The summed E-state index contributed by atoms with van der Waals surface area (Å²) in [6, 6.07) is 10.4. The fraction of sp³-hybridized carbons (Fsp3) is 0.200. The van der Waals surface area contributed by atoms with Gasteiger partial charge in [-0.1, -0.05) is 17.7 Å². The maximum absolute atomic E-state index is 11.0. The summed E-state index contributed by atoms with van der Waals surface area (Å²) in [6.45, 7) is 4.52. The number of hydrogen-bond acceptors (Lipinski definition) is 4. The topological polar surface area (TPSA) is 67.2 Å². The summed E-state index contributed by atoms with van der Waals surface area (Å²) in [6.07, 6.45) is 0. The van der Waals surface area contributed by atoms with Gasteiger partial charge in [0.05, 0.1) is 4.92 Å². The van der Waals surface area contributed by atoms with Crippen molar-refractivity contribution in [3.63, 3.8) is 0 Å². The number of nitrogens with one attached hydrogen (secondary N) is 2. The first-order valence-corrected chi connectivity index (χ1v) is 6.94. The maximum Gasteiger partial charge on any atom is 0.273 e. The Morgan fingerprint density at radius 3 is 2.62 bits per heavy atom. The number of hydrogen-bond donors (Lipinski definition) is 2. The molecule has 110 valence electrons. The molecule has 0 saturated heterocycles. The van der Waals surface area contributed by atoms with Crippen LogP contribution in [-0.4, -0.2) is 11.5 Å². The first-order valence-electron chi connectivity index (χ1n) is 6.56. The molecule has 6 heteroatoms. The van der Waals surface area contributed by atoms with Gasteiger partial charge in [-0.15, -0.1) is 0 Å². The van der Waals surface area contributed by atoms with Crippen LogP contribution in [0.4, 0.5) is 22.7 Å². The number of benzene rings is 2. The quantitative estimate of drug-likeness (QED) is 0.619. The molecule has 2 aromatic carbocycles. The van der Waals surface area contributed by atoms with E-state index in [4.69, 9.17) is 11.6 Å². The smallest absolute Gasteiger partial charge is 0.273 e. The fourth-order valence-electron chi connectivity index (χ4n) is 1.99. The average molecular weight is 306 g/mol. The highest BCUT2D eigenvalue weighted by atomic mass is 35.5. The van der Waals surface area contributed by atoms with Gasteiger partial charge in [0.2, 0.25) is 0 Å². The lowest BCUT2D eigenvalue weighted by atomic mass is 10.1. The third-order valence-electron chi connectivity index (χ3n) is 3.06. The summed E-state index contributed by atoms with van der Waals surface area (Å²) in [5.74, 6) is 0. The summed E-state index contributed by atoms with van der Waals surface area (Å²) in [7, 11) is 0. The van der Waals surface area contributed by atoms with Crippen molar-refractivity contribution in [1.82, 2.24) is 0 Å². The first kappa shape index (κ1) is 15.1. The van der Waals surface area contributed by atoms with Gasteiger partial charge < -0.3 is 10.6 Å². The van der Waals surface area contributed by atoms with E-state index in [0.717, 1.165) is 11.3 Å². The van der Waals surface area contributed by atoms with Crippen molar-refractivity contribution in [2.45, 2.75) is 13.8 Å². The van der Waals surface area contributed by atoms with Gasteiger partial charge in [0, 0.05) is 40.8 Å². The van der Waals surface area contributed by atoms with Crippen molar-refractivity contribution in [3.05, 3.63) is 57.1 Å². The van der Waals surface area contributed by atoms with Gasteiger partial charge in [0.25, 0.3) is 5.69 Å². The highest BCUT2D eigenvalue weighted by Crippen LogP contribution is 2.30. The minimum absolute atomic E-state index is 0.0376. The van der Waals surface area contributed by atoms with E-state index < -0.39 is 4.92 Å². The van der Waals surface area contributed by atoms with Crippen LogP contribution in [0.25, 0.3) is 0 Å². The number of non-ortho nitro benzene ring substituents is 1. The lowest BCUT2D eigenvalue weighted by Gasteiger charge is -2.12. The number of halogens is 1. The highest BCUT2D eigenvalue weighted by molar-refractivity contribution is 6.31. The summed E-state index contributed by atoms with van der Waals surface area (Å²) in [4.78, 5) is 10.6. The molecule has 0 unspecified atom stereocenters. The van der Waals surface area contributed by atoms with E-state index in [9.17, 15) is 10.1 Å². The largest absolute Gasteiger partial charge is 0.385 e. The number of nitro groups is 1. The summed E-state index contributed by atoms with van der Waals surface area (Å²) in [5, 5.41) is 17.9. The van der Waals surface area contributed by atoms with Gasteiger partial charge in [-0.3, -0.25) is 10.1 Å². The molecule has 2 rings (SSSR count). The number of nitro benzene ring substituents is 1. The zero-order valence-corrected chi connectivity index (χ0v) is 12.6. The Morgan fingerprint density at radius 1 is 1.24 bits per heavy atom. The lowest BCUT2D eigenvalue weighted by Crippen LogP contribution is -2.00. The molecule has 0 aliphatic rings. The fourth-order valence-corrected chi connectivity index (χ4v) is 2.17. The standard InChI is InChI=1S/C15H16ClN3O2/c1-3-17-11-7-12(9-13(8-11)19(20)21)18-15-6-4-5-14(16)10(15)2/h4-9,17-18H,3H2,1-2H3. The van der Waals surface area contributed by atoms with Crippen LogP contribution in [0, 0.1) is 17.0 Å². The third-order valence-corrected chi connectivity index (χ3v) is 3.47. The molecule has 0 spiro atoms. The van der Waals surface area contributed by atoms with Crippen LogP contribution >= 0.6 is 11.6 Å². The van der Waals surface area contributed by atoms with Gasteiger partial charge in [0.1, 0.15) is 0 Å². The molecule has 2 aromatic rings. The van der Waals surface area contributed by atoms with E-state index in [1.807, 2.05) is 32.0 Å². The molecule has 0 saturated carbocycles. The molecule has 5 nitrogen and oxygen atoms in total. The lowest BCUT2D eigenvalue weighted by molar-refractivity contribution is -0.384. The van der Waals surface area contributed by atoms with E-state index in [0.29, 0.717) is 22.9 Å². The summed E-state index contributed by atoms with van der Waals surface area (Å²) >= 11 is 6.08. The predicted octanol–water partition coefficient (Wildman–Crippen LogP) is 4.73. The van der Waals surface area contributed by atoms with Gasteiger partial charge >= 0.3 is 0 Å². The van der Waals surface area contributed by atoms with Gasteiger partial charge in [-0.05, 0) is 37.6 Å². The molecule has 0 atom stereocenters. The van der Waals surface area contributed by atoms with E-state index in [1.54, 1.807) is 6.07 Å². The SMILES string of the molecule is CCNc1cc(Nc2cccc(Cl)c2C)cc([N+](=O)[O-])c1. The highest BCUT2D eigenvalue weighted by Gasteiger charge is 2.11. The monoisotopic (exact) mass is 305 g/mol. The second kappa shape index (κ2) is 6.45. The van der Waals surface area contributed by atoms with Crippen LogP contribution in [0.2, 0.25) is 5.02 Å². The Labute approximate surface area is 128 Å². The van der Waals surface area contributed by atoms with Crippen LogP contribution in [0.1, 0.15) is 12.5 Å². The van der Waals surface area contributed by atoms with E-state index >= 15 is 0 Å². The first-order chi connectivity index (χ1) is 10.0. The molecule has 0 bridgehead atoms. The molecule has 0 aliphatic carbocycles. The second-order valence-corrected chi connectivity index (χ2v) is 5.00. The number of anilines is 3. The Morgan fingerprint density at radius 2 is 1.95 bits per heavy atom. The minimum atomic E-state index is -0.406. The zero-order valence-electron chi connectivity index (χ0n) is 11.8. The number of nitrogens with zero attached hydrogens (tertiary/aromatic N) is 1. The van der Waals surface area contributed by atoms with Crippen molar-refractivity contribution in [2.24, 2.45) is 0 Å². The van der Waals surface area contributed by atoms with Crippen molar-refractivity contribution in [3.8, 4) is 0 Å². The molecule has 0 aliphatic heterocycles. The van der Waals surface area contributed by atoms with Crippen molar-refractivity contribution >= 4 is 34.4 Å². The summed E-state index contributed by atoms with van der Waals surface area (Å²) < 4.78 is 0. The van der Waals surface area contributed by atoms with Crippen LogP contribution in [-0.2, 0) is 0 Å². The Balaban J connectivity index is 2.38. The predicted molar refractivity (Wildman–Crippen MR) is 86.7 cm³/mol. The molecule has 2 N–H and O–H groups in total. The van der Waals surface area contributed by atoms with E-state index in [-0.39, 0.29) is 5.69 Å². The normalized spacial score (nSPS) is 10.2. The van der Waals surface area contributed by atoms with Gasteiger partial charge in [-0.25, -0.2) is 0 Å². The van der Waals surface area contributed by atoms with Crippen molar-refractivity contribution < 1.29 is 4.92 Å². The van der Waals surface area contributed by atoms with Crippen molar-refractivity contribution in [2.75, 3.05) is 17.2 Å². The maximum atomic E-state index is 11.0. The number of rotatable bonds is 5. The van der Waals surface area contributed by atoms with Gasteiger partial charge in [0.15, 0.2) is 0 Å². The molecular weight excluding hydrogens is 290 g/mol. The van der Waals surface area contributed by atoms with E-state index in [2.05, 4.69) is 10.6 Å². The van der Waals surface area contributed by atoms with E-state index in [1.165, 1.54) is 12.1 Å². The Kier molecular flexibility index (Phi) is 4.65. The molecule has 0 heterocycles. The Hall–Kier alpha value is -2.27. The molecule has 0 radical (unpaired) electrons. The molecular formula is C15H16ClN3O2. The zero-order chi connectivity index (χ0) is 15.4. The molecule has 0 fully saturated rings. The van der Waals surface area contributed by atoms with Crippen molar-refractivity contribution in [1.29, 1.82) is 0 Å². The van der Waals surface area contributed by atoms with Gasteiger partial charge in [-0.2, -0.15) is 0 Å².